The Bertz CT molecular complexity index is 152. The van der Waals surface area contributed by atoms with E-state index < -0.39 is 10.3 Å². The highest BCUT2D eigenvalue weighted by atomic mass is 32.2. The second-order valence-corrected chi connectivity index (χ2v) is 2.83. The first-order valence-electron chi connectivity index (χ1n) is 2.37. The minimum atomic E-state index is -3.51. The molecule has 0 spiro atoms. The van der Waals surface area contributed by atoms with Crippen LogP contribution < -0.4 is 10.5 Å². The molecule has 0 aliphatic carbocycles. The largest absolute Gasteiger partial charge is 0.335 e. The lowest BCUT2D eigenvalue weighted by atomic mass is 10.7. The highest BCUT2D eigenvalue weighted by Crippen LogP contribution is 1.78. The maximum absolute atomic E-state index is 10.4. The first-order chi connectivity index (χ1) is 4.12. The Morgan fingerprint density at radius 1 is 1.67 bits per heavy atom. The lowest BCUT2D eigenvalue weighted by Gasteiger charge is -1.99. The summed E-state index contributed by atoms with van der Waals surface area (Å²) >= 11 is 0. The van der Waals surface area contributed by atoms with Crippen LogP contribution in [0.3, 0.4) is 0 Å². The molecule has 0 aromatic carbocycles. The van der Waals surface area contributed by atoms with Crippen molar-refractivity contribution in [2.75, 3.05) is 20.2 Å². The Balaban J connectivity index is 3.61. The summed E-state index contributed by atoms with van der Waals surface area (Å²) in [4.78, 5) is 0. The average molecular weight is 154 g/mol. The third-order valence-corrected chi connectivity index (χ3v) is 1.64. The van der Waals surface area contributed by atoms with Gasteiger partial charge in [-0.15, -0.1) is 0 Å². The summed E-state index contributed by atoms with van der Waals surface area (Å²) in [6.45, 7) is 0.471. The van der Waals surface area contributed by atoms with Crippen molar-refractivity contribution in [2.24, 2.45) is 5.73 Å². The van der Waals surface area contributed by atoms with Gasteiger partial charge >= 0.3 is 10.3 Å². The van der Waals surface area contributed by atoms with Crippen LogP contribution in [0.2, 0.25) is 0 Å². The molecule has 56 valence electrons. The molecule has 0 fully saturated rings. The Hall–Kier alpha value is -0.170. The smallest absolute Gasteiger partial charge is 0.329 e. The monoisotopic (exact) mass is 154 g/mol. The van der Waals surface area contributed by atoms with Crippen LogP contribution >= 0.6 is 0 Å². The topological polar surface area (TPSA) is 81.4 Å². The Morgan fingerprint density at radius 3 is 2.56 bits per heavy atom. The highest BCUT2D eigenvalue weighted by Gasteiger charge is 2.03. The molecular formula is C3H10N2O3S. The van der Waals surface area contributed by atoms with E-state index in [4.69, 9.17) is 5.73 Å². The molecule has 6 heteroatoms. The standard InChI is InChI=1S/C3H10N2O3S/c1-8-9(6,7)5-3-2-4/h5H,2-4H2,1H3. The zero-order valence-electron chi connectivity index (χ0n) is 5.12. The van der Waals surface area contributed by atoms with Gasteiger partial charge in [0.05, 0.1) is 7.11 Å². The van der Waals surface area contributed by atoms with Crippen molar-refractivity contribution in [3.05, 3.63) is 0 Å². The maximum atomic E-state index is 10.4. The number of nitrogens with one attached hydrogen (secondary N) is 1. The van der Waals surface area contributed by atoms with Gasteiger partial charge < -0.3 is 5.73 Å². The maximum Gasteiger partial charge on any atom is 0.335 e. The molecule has 9 heavy (non-hydrogen) atoms. The fourth-order valence-corrected chi connectivity index (χ4v) is 0.729. The molecule has 0 rings (SSSR count). The third-order valence-electron chi connectivity index (χ3n) is 0.643. The molecule has 0 amide bonds. The summed E-state index contributed by atoms with van der Waals surface area (Å²) in [6.07, 6.45) is 0. The van der Waals surface area contributed by atoms with E-state index in [1.54, 1.807) is 0 Å². The van der Waals surface area contributed by atoms with E-state index in [2.05, 4.69) is 8.91 Å². The van der Waals surface area contributed by atoms with Crippen LogP contribution in [0.5, 0.6) is 0 Å². The number of nitrogens with two attached hydrogens (primary N) is 1. The van der Waals surface area contributed by atoms with E-state index in [1.807, 2.05) is 0 Å². The van der Waals surface area contributed by atoms with Crippen LogP contribution in [0.25, 0.3) is 0 Å². The van der Waals surface area contributed by atoms with Crippen molar-refractivity contribution in [1.29, 1.82) is 0 Å². The zero-order valence-corrected chi connectivity index (χ0v) is 5.94. The first-order valence-corrected chi connectivity index (χ1v) is 3.78. The fraction of sp³-hybridized carbons (Fsp3) is 1.00. The molecule has 0 saturated carbocycles. The van der Waals surface area contributed by atoms with E-state index in [0.29, 0.717) is 0 Å². The molecule has 0 unspecified atom stereocenters. The number of hydrogen-bond donors (Lipinski definition) is 2. The van der Waals surface area contributed by atoms with Gasteiger partial charge in [-0.2, -0.15) is 13.1 Å². The average Bonchev–Trinajstić information content (AvgIpc) is 1.84. The molecule has 5 nitrogen and oxygen atoms in total. The van der Waals surface area contributed by atoms with Gasteiger partial charge in [0, 0.05) is 13.1 Å². The van der Waals surface area contributed by atoms with E-state index in [-0.39, 0.29) is 13.1 Å². The molecular weight excluding hydrogens is 144 g/mol. The van der Waals surface area contributed by atoms with E-state index in [0.717, 1.165) is 7.11 Å². The predicted molar refractivity (Wildman–Crippen MR) is 33.0 cm³/mol. The summed E-state index contributed by atoms with van der Waals surface area (Å²) < 4.78 is 26.9. The summed E-state index contributed by atoms with van der Waals surface area (Å²) in [5.74, 6) is 0. The Morgan fingerprint density at radius 2 is 2.22 bits per heavy atom. The summed E-state index contributed by atoms with van der Waals surface area (Å²) in [6, 6.07) is 0. The van der Waals surface area contributed by atoms with Crippen LogP contribution in [0.4, 0.5) is 0 Å². The van der Waals surface area contributed by atoms with Crippen LogP contribution in [0.1, 0.15) is 0 Å². The van der Waals surface area contributed by atoms with Crippen molar-refractivity contribution in [1.82, 2.24) is 4.72 Å². The molecule has 0 atom stereocenters. The molecule has 0 aromatic rings. The van der Waals surface area contributed by atoms with Crippen LogP contribution in [-0.2, 0) is 14.5 Å². The molecule has 0 radical (unpaired) electrons. The molecule has 0 heterocycles. The normalized spacial score (nSPS) is 11.8. The van der Waals surface area contributed by atoms with Gasteiger partial charge in [-0.1, -0.05) is 0 Å². The molecule has 0 aromatic heterocycles. The van der Waals surface area contributed by atoms with Gasteiger partial charge in [-0.25, -0.2) is 0 Å². The molecule has 0 aliphatic rings. The molecule has 0 saturated heterocycles. The summed E-state index contributed by atoms with van der Waals surface area (Å²) in [5, 5.41) is 0. The van der Waals surface area contributed by atoms with E-state index in [9.17, 15) is 8.42 Å². The Labute approximate surface area is 54.4 Å². The van der Waals surface area contributed by atoms with Crippen LogP contribution in [0.15, 0.2) is 0 Å². The highest BCUT2D eigenvalue weighted by molar-refractivity contribution is 7.84. The SMILES string of the molecule is COS(=O)(=O)NCCN. The molecule has 0 aliphatic heterocycles. The third kappa shape index (κ3) is 4.34. The molecule has 3 N–H and O–H groups in total. The first kappa shape index (κ1) is 8.83. The van der Waals surface area contributed by atoms with Crippen molar-refractivity contribution >= 4 is 10.3 Å². The summed E-state index contributed by atoms with van der Waals surface area (Å²) in [7, 11) is -2.43. The van der Waals surface area contributed by atoms with Crippen LogP contribution in [-0.4, -0.2) is 28.6 Å². The molecule has 0 bridgehead atoms. The lowest BCUT2D eigenvalue weighted by Crippen LogP contribution is -2.29. The van der Waals surface area contributed by atoms with Gasteiger partial charge in [-0.05, 0) is 0 Å². The quantitative estimate of drug-likeness (QED) is 0.512. The second-order valence-electron chi connectivity index (χ2n) is 1.30. The van der Waals surface area contributed by atoms with Crippen molar-refractivity contribution < 1.29 is 12.6 Å². The van der Waals surface area contributed by atoms with Crippen molar-refractivity contribution in [3.8, 4) is 0 Å². The van der Waals surface area contributed by atoms with Gasteiger partial charge in [0.15, 0.2) is 0 Å². The van der Waals surface area contributed by atoms with Gasteiger partial charge in [0.2, 0.25) is 0 Å². The van der Waals surface area contributed by atoms with E-state index in [1.165, 1.54) is 0 Å². The van der Waals surface area contributed by atoms with Crippen molar-refractivity contribution in [2.45, 2.75) is 0 Å². The zero-order chi connectivity index (χ0) is 7.33. The minimum absolute atomic E-state index is 0.205. The summed E-state index contributed by atoms with van der Waals surface area (Å²) in [5.41, 5.74) is 5.01. The number of hydrogen-bond acceptors (Lipinski definition) is 4. The number of rotatable bonds is 4. The van der Waals surface area contributed by atoms with Gasteiger partial charge in [0.25, 0.3) is 0 Å². The second kappa shape index (κ2) is 3.78. The van der Waals surface area contributed by atoms with Gasteiger partial charge in [0.1, 0.15) is 0 Å². The van der Waals surface area contributed by atoms with Gasteiger partial charge in [-0.3, -0.25) is 4.18 Å². The lowest BCUT2D eigenvalue weighted by molar-refractivity contribution is 0.387. The fourth-order valence-electron chi connectivity index (χ4n) is 0.243. The van der Waals surface area contributed by atoms with Crippen LogP contribution in [0, 0.1) is 0 Å². The predicted octanol–water partition coefficient (Wildman–Crippen LogP) is -1.57. The van der Waals surface area contributed by atoms with E-state index >= 15 is 0 Å². The Kier molecular flexibility index (Phi) is 3.71. The minimum Gasteiger partial charge on any atom is -0.329 e. The van der Waals surface area contributed by atoms with Crippen molar-refractivity contribution in [3.63, 3.8) is 0 Å².